The summed E-state index contributed by atoms with van der Waals surface area (Å²) < 4.78 is 74.5. The van der Waals surface area contributed by atoms with Crippen LogP contribution >= 0.6 is 0 Å². The number of carbonyl (C=O) groups excluding carboxylic acids is 1. The van der Waals surface area contributed by atoms with E-state index in [1.165, 1.54) is 6.92 Å². The maximum atomic E-state index is 14.1. The molecule has 0 saturated carbocycles. The van der Waals surface area contributed by atoms with E-state index in [4.69, 9.17) is 10.2 Å². The highest BCUT2D eigenvalue weighted by atomic mass is 19.4. The molecule has 1 fully saturated rings. The summed E-state index contributed by atoms with van der Waals surface area (Å²) in [5.74, 6) is -11.4. The van der Waals surface area contributed by atoms with Gasteiger partial charge in [0.1, 0.15) is 5.41 Å². The summed E-state index contributed by atoms with van der Waals surface area (Å²) >= 11 is 0. The van der Waals surface area contributed by atoms with Crippen molar-refractivity contribution in [3.05, 3.63) is 0 Å². The van der Waals surface area contributed by atoms with Gasteiger partial charge in [-0.2, -0.15) is 22.0 Å². The van der Waals surface area contributed by atoms with Gasteiger partial charge in [-0.25, -0.2) is 0 Å². The van der Waals surface area contributed by atoms with Gasteiger partial charge in [-0.3, -0.25) is 4.79 Å². The largest absolute Gasteiger partial charge is 0.450 e. The van der Waals surface area contributed by atoms with Crippen LogP contribution in [0.25, 0.3) is 0 Å². The Bertz CT molecular complexity index is 455. The van der Waals surface area contributed by atoms with Crippen molar-refractivity contribution in [3.63, 3.8) is 0 Å². The molecule has 11 heteroatoms. The Labute approximate surface area is 127 Å². The highest BCUT2D eigenvalue weighted by molar-refractivity contribution is 5.77. The van der Waals surface area contributed by atoms with Crippen molar-refractivity contribution in [3.8, 4) is 0 Å². The SMILES string of the molecule is CCC(CO)(CO)C(=O)OC1(C)COC(O)(C(F)(F)F)C1(F)F. The van der Waals surface area contributed by atoms with E-state index in [0.717, 1.165) is 0 Å². The van der Waals surface area contributed by atoms with Crippen molar-refractivity contribution in [2.45, 2.75) is 43.8 Å². The van der Waals surface area contributed by atoms with Crippen LogP contribution in [0.4, 0.5) is 22.0 Å². The number of carbonyl (C=O) groups is 1. The van der Waals surface area contributed by atoms with Crippen molar-refractivity contribution in [2.24, 2.45) is 5.41 Å². The monoisotopic (exact) mass is 352 g/mol. The molecule has 0 aliphatic carbocycles. The molecule has 136 valence electrons. The number of halogens is 5. The first-order chi connectivity index (χ1) is 10.3. The smallest absolute Gasteiger partial charge is 0.449 e. The molecule has 0 spiro atoms. The first-order valence-electron chi connectivity index (χ1n) is 6.53. The highest BCUT2D eigenvalue weighted by Crippen LogP contribution is 2.54. The molecule has 1 heterocycles. The number of aliphatic hydroxyl groups excluding tert-OH is 2. The van der Waals surface area contributed by atoms with Crippen LogP contribution in [0.2, 0.25) is 0 Å². The second-order valence-corrected chi connectivity index (χ2v) is 5.58. The number of rotatable bonds is 5. The average molecular weight is 352 g/mol. The lowest BCUT2D eigenvalue weighted by Gasteiger charge is -2.37. The normalized spacial score (nSPS) is 31.2. The van der Waals surface area contributed by atoms with Gasteiger partial charge < -0.3 is 24.8 Å². The zero-order chi connectivity index (χ0) is 18.3. The summed E-state index contributed by atoms with van der Waals surface area (Å²) in [4.78, 5) is 12.0. The predicted octanol–water partition coefficient (Wildman–Crippen LogP) is 0.586. The van der Waals surface area contributed by atoms with Crippen LogP contribution in [0, 0.1) is 5.41 Å². The van der Waals surface area contributed by atoms with Gasteiger partial charge in [0.05, 0.1) is 19.8 Å². The summed E-state index contributed by atoms with van der Waals surface area (Å²) in [6, 6.07) is 0. The van der Waals surface area contributed by atoms with Gasteiger partial charge in [0.25, 0.3) is 0 Å². The molecule has 0 amide bonds. The van der Waals surface area contributed by atoms with E-state index in [1.807, 2.05) is 0 Å². The molecule has 1 rings (SSSR count). The summed E-state index contributed by atoms with van der Waals surface area (Å²) in [5.41, 5.74) is -5.10. The van der Waals surface area contributed by atoms with Crippen LogP contribution in [-0.2, 0) is 14.3 Å². The molecule has 0 aromatic heterocycles. The van der Waals surface area contributed by atoms with E-state index in [0.29, 0.717) is 6.92 Å². The zero-order valence-corrected chi connectivity index (χ0v) is 12.3. The van der Waals surface area contributed by atoms with Gasteiger partial charge in [-0.15, -0.1) is 0 Å². The van der Waals surface area contributed by atoms with E-state index in [2.05, 4.69) is 9.47 Å². The maximum absolute atomic E-state index is 14.1. The molecule has 1 aliphatic heterocycles. The molecular weight excluding hydrogens is 335 g/mol. The molecule has 2 atom stereocenters. The molecule has 2 unspecified atom stereocenters. The number of esters is 1. The summed E-state index contributed by atoms with van der Waals surface area (Å²) in [6.07, 6.45) is -6.05. The lowest BCUT2D eigenvalue weighted by Crippen LogP contribution is -2.64. The topological polar surface area (TPSA) is 96.2 Å². The van der Waals surface area contributed by atoms with Gasteiger partial charge in [0.15, 0.2) is 0 Å². The third-order valence-electron chi connectivity index (χ3n) is 4.06. The van der Waals surface area contributed by atoms with Crippen molar-refractivity contribution in [2.75, 3.05) is 19.8 Å². The molecule has 3 N–H and O–H groups in total. The molecule has 6 nitrogen and oxygen atoms in total. The maximum Gasteiger partial charge on any atom is 0.449 e. The molecule has 23 heavy (non-hydrogen) atoms. The first-order valence-corrected chi connectivity index (χ1v) is 6.53. The summed E-state index contributed by atoms with van der Waals surface area (Å²) in [5, 5.41) is 27.5. The van der Waals surface area contributed by atoms with Gasteiger partial charge in [-0.05, 0) is 13.3 Å². The third-order valence-corrected chi connectivity index (χ3v) is 4.06. The fraction of sp³-hybridized carbons (Fsp3) is 0.917. The molecule has 0 aromatic rings. The zero-order valence-electron chi connectivity index (χ0n) is 12.3. The van der Waals surface area contributed by atoms with Gasteiger partial charge in [0, 0.05) is 0 Å². The van der Waals surface area contributed by atoms with Gasteiger partial charge in [0.2, 0.25) is 5.60 Å². The number of aliphatic hydroxyl groups is 3. The Balaban J connectivity index is 3.17. The van der Waals surface area contributed by atoms with E-state index in [1.54, 1.807) is 0 Å². The first kappa shape index (κ1) is 20.0. The molecule has 1 saturated heterocycles. The van der Waals surface area contributed by atoms with Gasteiger partial charge in [-0.1, -0.05) is 6.92 Å². The predicted molar refractivity (Wildman–Crippen MR) is 63.3 cm³/mol. The quantitative estimate of drug-likeness (QED) is 0.495. The molecule has 0 bridgehead atoms. The summed E-state index contributed by atoms with van der Waals surface area (Å²) in [7, 11) is 0. The van der Waals surface area contributed by atoms with Crippen LogP contribution in [0.15, 0.2) is 0 Å². The van der Waals surface area contributed by atoms with Crippen molar-refractivity contribution >= 4 is 5.97 Å². The average Bonchev–Trinajstić information content (AvgIpc) is 2.62. The second kappa shape index (κ2) is 5.80. The highest BCUT2D eigenvalue weighted by Gasteiger charge is 2.82. The van der Waals surface area contributed by atoms with E-state index in [-0.39, 0.29) is 6.42 Å². The Morgan fingerprint density at radius 2 is 1.74 bits per heavy atom. The summed E-state index contributed by atoms with van der Waals surface area (Å²) in [6.45, 7) is -1.57. The minimum Gasteiger partial charge on any atom is -0.450 e. The Kier molecular flexibility index (Phi) is 5.04. The van der Waals surface area contributed by atoms with Crippen LogP contribution in [0.1, 0.15) is 20.3 Å². The molecular formula is C12H17F5O6. The third kappa shape index (κ3) is 2.69. The van der Waals surface area contributed by atoms with E-state index < -0.39 is 54.7 Å². The number of hydrogen-bond acceptors (Lipinski definition) is 6. The number of alkyl halides is 5. The van der Waals surface area contributed by atoms with Crippen LogP contribution in [0.3, 0.4) is 0 Å². The lowest BCUT2D eigenvalue weighted by molar-refractivity contribution is -0.409. The van der Waals surface area contributed by atoms with Crippen LogP contribution in [0.5, 0.6) is 0 Å². The van der Waals surface area contributed by atoms with Crippen molar-refractivity contribution in [1.29, 1.82) is 0 Å². The van der Waals surface area contributed by atoms with Crippen molar-refractivity contribution in [1.82, 2.24) is 0 Å². The number of ether oxygens (including phenoxy) is 2. The Hall–Kier alpha value is -1.04. The minimum atomic E-state index is -5.84. The number of hydrogen-bond donors (Lipinski definition) is 3. The van der Waals surface area contributed by atoms with Crippen LogP contribution in [-0.4, -0.2) is 64.6 Å². The fourth-order valence-corrected chi connectivity index (χ4v) is 2.00. The lowest BCUT2D eigenvalue weighted by atomic mass is 9.86. The van der Waals surface area contributed by atoms with Crippen LogP contribution < -0.4 is 0 Å². The standard InChI is InChI=1S/C12H17F5O6/c1-3-9(4-18,5-19)7(20)23-8(2)6-22-11(21,10(8,13)14)12(15,16)17/h18-19,21H,3-6H2,1-2H3. The Morgan fingerprint density at radius 3 is 2.04 bits per heavy atom. The fourth-order valence-electron chi connectivity index (χ4n) is 2.00. The van der Waals surface area contributed by atoms with E-state index >= 15 is 0 Å². The van der Waals surface area contributed by atoms with E-state index in [9.17, 15) is 31.9 Å². The van der Waals surface area contributed by atoms with Crippen molar-refractivity contribution < 1.29 is 51.5 Å². The van der Waals surface area contributed by atoms with Gasteiger partial charge >= 0.3 is 23.9 Å². The second-order valence-electron chi connectivity index (χ2n) is 5.58. The molecule has 0 aromatic carbocycles. The molecule has 0 radical (unpaired) electrons. The molecule has 1 aliphatic rings. The Morgan fingerprint density at radius 1 is 1.26 bits per heavy atom. The minimum absolute atomic E-state index is 0.217.